The van der Waals surface area contributed by atoms with Crippen molar-refractivity contribution in [2.45, 2.75) is 0 Å². The first-order valence-electron chi connectivity index (χ1n) is 4.79. The van der Waals surface area contributed by atoms with Crippen molar-refractivity contribution >= 4 is 20.5 Å². The van der Waals surface area contributed by atoms with Crippen molar-refractivity contribution in [1.29, 1.82) is 0 Å². The Morgan fingerprint density at radius 2 is 1.56 bits per heavy atom. The zero-order chi connectivity index (χ0) is 11.4. The molecule has 2 heteroatoms. The van der Waals surface area contributed by atoms with Crippen LogP contribution in [-0.4, -0.2) is 16.0 Å². The van der Waals surface area contributed by atoms with Crippen LogP contribution in [-0.2, 0) is 0 Å². The van der Waals surface area contributed by atoms with Gasteiger partial charge in [0, 0.05) is 0 Å². The van der Waals surface area contributed by atoms with Crippen molar-refractivity contribution in [3.8, 4) is 11.8 Å². The summed E-state index contributed by atoms with van der Waals surface area (Å²) >= 11 is 2.95. The molecule has 0 aliphatic carbocycles. The van der Waals surface area contributed by atoms with Gasteiger partial charge >= 0.3 is 102 Å². The summed E-state index contributed by atoms with van der Waals surface area (Å²) in [4.78, 5) is 0. The fraction of sp³-hybridized carbons (Fsp3) is 0. The Bertz CT molecular complexity index is 547. The molecule has 0 heterocycles. The Morgan fingerprint density at radius 3 is 2.25 bits per heavy atom. The maximum absolute atomic E-state index is 12.7. The van der Waals surface area contributed by atoms with E-state index in [2.05, 4.69) is 27.9 Å². The van der Waals surface area contributed by atoms with Crippen LogP contribution in [0.5, 0.6) is 0 Å². The van der Waals surface area contributed by atoms with E-state index in [1.165, 1.54) is 12.1 Å². The van der Waals surface area contributed by atoms with Crippen molar-refractivity contribution in [2.24, 2.45) is 0 Å². The fourth-order valence-electron chi connectivity index (χ4n) is 1.24. The van der Waals surface area contributed by atoms with Crippen LogP contribution >= 0.6 is 0 Å². The molecule has 0 amide bonds. The molecule has 0 saturated heterocycles. The molecule has 0 aromatic heterocycles. The van der Waals surface area contributed by atoms with E-state index >= 15 is 0 Å². The van der Waals surface area contributed by atoms with Crippen molar-refractivity contribution in [3.63, 3.8) is 0 Å². The van der Waals surface area contributed by atoms with Gasteiger partial charge in [-0.25, -0.2) is 0 Å². The zero-order valence-electron chi connectivity index (χ0n) is 8.41. The van der Waals surface area contributed by atoms with Gasteiger partial charge in [0.2, 0.25) is 0 Å². The molecule has 16 heavy (non-hydrogen) atoms. The Hall–Kier alpha value is -1.55. The van der Waals surface area contributed by atoms with Gasteiger partial charge in [-0.2, -0.15) is 0 Å². The molecule has 77 valence electrons. The molecular weight excluding hydrogens is 266 g/mol. The first kappa shape index (κ1) is 11.0. The summed E-state index contributed by atoms with van der Waals surface area (Å²) in [5, 5.41) is 0. The van der Waals surface area contributed by atoms with Gasteiger partial charge in [-0.15, -0.1) is 0 Å². The van der Waals surface area contributed by atoms with Gasteiger partial charge in [0.25, 0.3) is 0 Å². The van der Waals surface area contributed by atoms with Gasteiger partial charge in [-0.1, -0.05) is 0 Å². The molecule has 0 aliphatic heterocycles. The Morgan fingerprint density at radius 1 is 0.875 bits per heavy atom. The van der Waals surface area contributed by atoms with E-state index in [-0.39, 0.29) is 5.82 Å². The predicted molar refractivity (Wildman–Crippen MR) is 64.2 cm³/mol. The molecule has 2 aromatic carbocycles. The van der Waals surface area contributed by atoms with E-state index < -0.39 is 0 Å². The van der Waals surface area contributed by atoms with Crippen LogP contribution in [0.1, 0.15) is 11.1 Å². The van der Waals surface area contributed by atoms with Crippen LogP contribution in [0.3, 0.4) is 0 Å². The van der Waals surface area contributed by atoms with Crippen LogP contribution in [0.25, 0.3) is 0 Å². The monoisotopic (exact) mass is 275 g/mol. The topological polar surface area (TPSA) is 0 Å². The van der Waals surface area contributed by atoms with Crippen LogP contribution < -0.4 is 4.46 Å². The quantitative estimate of drug-likeness (QED) is 0.509. The molecule has 1 radical (unpaired) electrons. The summed E-state index contributed by atoms with van der Waals surface area (Å²) < 4.78 is 13.7. The molecule has 0 bridgehead atoms. The Kier molecular flexibility index (Phi) is 3.41. The minimum atomic E-state index is -0.241. The molecule has 2 rings (SSSR count). The fourth-order valence-corrected chi connectivity index (χ4v) is 1.66. The summed E-state index contributed by atoms with van der Waals surface area (Å²) in [7, 11) is 0. The van der Waals surface area contributed by atoms with Crippen molar-refractivity contribution in [3.05, 3.63) is 65.5 Å². The van der Waals surface area contributed by atoms with Gasteiger partial charge in [0.1, 0.15) is 0 Å². The van der Waals surface area contributed by atoms with E-state index in [0.29, 0.717) is 0 Å². The standard InChI is InChI=1S/C14H8FSe/c15-13-9-6-11(7-10-13)5-8-12-3-1-2-4-14(12)16/h1-4,6-7,9-10H. The van der Waals surface area contributed by atoms with Crippen LogP contribution in [0.2, 0.25) is 0 Å². The van der Waals surface area contributed by atoms with Gasteiger partial charge in [-0.05, 0) is 0 Å². The molecule has 2 aromatic rings. The summed E-state index contributed by atoms with van der Waals surface area (Å²) in [6.45, 7) is 0. The Labute approximate surface area is 102 Å². The van der Waals surface area contributed by atoms with Crippen molar-refractivity contribution < 1.29 is 4.39 Å². The van der Waals surface area contributed by atoms with Crippen molar-refractivity contribution in [1.82, 2.24) is 0 Å². The SMILES string of the molecule is Fc1ccc(C#Cc2ccccc2[Se])cc1. The summed E-state index contributed by atoms with van der Waals surface area (Å²) in [6, 6.07) is 14.0. The van der Waals surface area contributed by atoms with Crippen LogP contribution in [0.15, 0.2) is 48.5 Å². The van der Waals surface area contributed by atoms with E-state index in [4.69, 9.17) is 0 Å². The third-order valence-corrected chi connectivity index (χ3v) is 2.82. The molecule has 0 unspecified atom stereocenters. The number of hydrogen-bond donors (Lipinski definition) is 0. The molecule has 0 saturated carbocycles. The predicted octanol–water partition coefficient (Wildman–Crippen LogP) is 2.02. The van der Waals surface area contributed by atoms with Crippen LogP contribution in [0, 0.1) is 17.7 Å². The second-order valence-corrected chi connectivity index (χ2v) is 4.18. The van der Waals surface area contributed by atoms with E-state index in [1.54, 1.807) is 12.1 Å². The van der Waals surface area contributed by atoms with Crippen LogP contribution in [0.4, 0.5) is 4.39 Å². The molecule has 0 N–H and O–H groups in total. The number of rotatable bonds is 0. The normalized spacial score (nSPS) is 9.31. The third kappa shape index (κ3) is 2.73. The summed E-state index contributed by atoms with van der Waals surface area (Å²) in [5.74, 6) is 5.80. The van der Waals surface area contributed by atoms with E-state index in [9.17, 15) is 4.39 Å². The second kappa shape index (κ2) is 4.98. The first-order chi connectivity index (χ1) is 7.75. The molecule has 0 nitrogen and oxygen atoms in total. The number of halogens is 1. The van der Waals surface area contributed by atoms with Gasteiger partial charge < -0.3 is 0 Å². The number of benzene rings is 2. The second-order valence-electron chi connectivity index (χ2n) is 3.25. The van der Waals surface area contributed by atoms with E-state index in [1.807, 2.05) is 24.3 Å². The van der Waals surface area contributed by atoms with Crippen molar-refractivity contribution in [2.75, 3.05) is 0 Å². The zero-order valence-corrected chi connectivity index (χ0v) is 10.1. The summed E-state index contributed by atoms with van der Waals surface area (Å²) in [5.41, 5.74) is 1.76. The average molecular weight is 274 g/mol. The average Bonchev–Trinajstić information content (AvgIpc) is 2.30. The van der Waals surface area contributed by atoms with Gasteiger partial charge in [0.05, 0.1) is 0 Å². The minimum absolute atomic E-state index is 0.241. The molecule has 0 aliphatic rings. The molecule has 0 fully saturated rings. The van der Waals surface area contributed by atoms with Gasteiger partial charge in [-0.3, -0.25) is 0 Å². The number of hydrogen-bond acceptors (Lipinski definition) is 0. The molecule has 0 atom stereocenters. The summed E-state index contributed by atoms with van der Waals surface area (Å²) in [6.07, 6.45) is 0. The third-order valence-electron chi connectivity index (χ3n) is 2.07. The molecule has 0 spiro atoms. The van der Waals surface area contributed by atoms with E-state index in [0.717, 1.165) is 15.6 Å². The first-order valence-corrected chi connectivity index (χ1v) is 5.65. The maximum atomic E-state index is 12.7. The van der Waals surface area contributed by atoms with Gasteiger partial charge in [0.15, 0.2) is 0 Å². The Balaban J connectivity index is 2.29. The molecular formula is C14H8FSe.